The summed E-state index contributed by atoms with van der Waals surface area (Å²) in [5, 5.41) is 0. The number of likely N-dealkylation sites (N-methyl/N-ethyl adjacent to an activating group) is 1. The Morgan fingerprint density at radius 3 is 2.04 bits per heavy atom. The lowest BCUT2D eigenvalue weighted by Gasteiger charge is -2.42. The number of benzene rings is 1. The molecule has 0 spiro atoms. The van der Waals surface area contributed by atoms with Crippen LogP contribution in [0.15, 0.2) is 12.1 Å². The minimum atomic E-state index is 0.154. The van der Waals surface area contributed by atoms with E-state index in [-0.39, 0.29) is 16.6 Å². The van der Waals surface area contributed by atoms with E-state index in [4.69, 9.17) is 0 Å². The lowest BCUT2D eigenvalue weighted by Crippen LogP contribution is -2.46. The first kappa shape index (κ1) is 18.6. The van der Waals surface area contributed by atoms with Crippen LogP contribution in [0.3, 0.4) is 0 Å². The highest BCUT2D eigenvalue weighted by Gasteiger charge is 2.37. The van der Waals surface area contributed by atoms with Crippen LogP contribution in [0.2, 0.25) is 0 Å². The fourth-order valence-electron chi connectivity index (χ4n) is 4.32. The van der Waals surface area contributed by atoms with Crippen LogP contribution in [-0.2, 0) is 10.8 Å². The van der Waals surface area contributed by atoms with E-state index in [0.717, 1.165) is 37.3 Å². The van der Waals surface area contributed by atoms with Crippen LogP contribution >= 0.6 is 0 Å². The summed E-state index contributed by atoms with van der Waals surface area (Å²) in [6.45, 7) is 16.1. The highest BCUT2D eigenvalue weighted by molar-refractivity contribution is 5.99. The molecule has 3 heteroatoms. The average Bonchev–Trinajstić information content (AvgIpc) is 2.54. The Balaban J connectivity index is 1.89. The van der Waals surface area contributed by atoms with Gasteiger partial charge in [0.15, 0.2) is 5.78 Å². The van der Waals surface area contributed by atoms with Crippen LogP contribution in [-0.4, -0.2) is 55.4 Å². The van der Waals surface area contributed by atoms with Crippen molar-refractivity contribution >= 4 is 5.78 Å². The van der Waals surface area contributed by atoms with E-state index in [0.29, 0.717) is 6.54 Å². The van der Waals surface area contributed by atoms with Crippen LogP contribution in [0, 0.1) is 6.92 Å². The van der Waals surface area contributed by atoms with Crippen molar-refractivity contribution in [3.63, 3.8) is 0 Å². The molecule has 0 amide bonds. The van der Waals surface area contributed by atoms with Crippen molar-refractivity contribution in [3.8, 4) is 0 Å². The maximum Gasteiger partial charge on any atom is 0.177 e. The lowest BCUT2D eigenvalue weighted by atomic mass is 9.62. The van der Waals surface area contributed by atoms with Crippen molar-refractivity contribution in [2.45, 2.75) is 58.3 Å². The molecule has 1 heterocycles. The summed E-state index contributed by atoms with van der Waals surface area (Å²) >= 11 is 0. The van der Waals surface area contributed by atoms with Crippen LogP contribution < -0.4 is 0 Å². The molecule has 0 atom stereocenters. The molecule has 25 heavy (non-hydrogen) atoms. The first-order chi connectivity index (χ1) is 11.6. The van der Waals surface area contributed by atoms with E-state index in [1.54, 1.807) is 0 Å². The maximum absolute atomic E-state index is 13.0. The number of carbonyl (C=O) groups excluding carboxylic acids is 1. The first-order valence-corrected chi connectivity index (χ1v) is 9.70. The van der Waals surface area contributed by atoms with Gasteiger partial charge in [-0.15, -0.1) is 0 Å². The van der Waals surface area contributed by atoms with Gasteiger partial charge in [0.05, 0.1) is 6.54 Å². The van der Waals surface area contributed by atoms with Gasteiger partial charge in [0.25, 0.3) is 0 Å². The van der Waals surface area contributed by atoms with Crippen LogP contribution in [0.5, 0.6) is 0 Å². The Labute approximate surface area is 153 Å². The molecule has 1 saturated heterocycles. The second-order valence-corrected chi connectivity index (χ2v) is 9.48. The predicted octanol–water partition coefficient (Wildman–Crippen LogP) is 3.77. The zero-order valence-corrected chi connectivity index (χ0v) is 16.9. The monoisotopic (exact) mass is 342 g/mol. The van der Waals surface area contributed by atoms with Crippen LogP contribution in [0.1, 0.15) is 67.6 Å². The van der Waals surface area contributed by atoms with Crippen molar-refractivity contribution in [2.75, 3.05) is 39.8 Å². The summed E-state index contributed by atoms with van der Waals surface area (Å²) in [5.41, 5.74) is 5.26. The third-order valence-electron chi connectivity index (χ3n) is 6.46. The van der Waals surface area contributed by atoms with Gasteiger partial charge in [0.2, 0.25) is 0 Å². The number of hydrogen-bond donors (Lipinski definition) is 0. The molecule has 0 unspecified atom stereocenters. The van der Waals surface area contributed by atoms with Gasteiger partial charge in [-0.2, -0.15) is 0 Å². The van der Waals surface area contributed by atoms with Gasteiger partial charge >= 0.3 is 0 Å². The summed E-state index contributed by atoms with van der Waals surface area (Å²) in [7, 11) is 2.15. The lowest BCUT2D eigenvalue weighted by molar-refractivity contribution is 0.0875. The molecule has 0 radical (unpaired) electrons. The van der Waals surface area contributed by atoms with Gasteiger partial charge in [-0.1, -0.05) is 33.8 Å². The summed E-state index contributed by atoms with van der Waals surface area (Å²) in [6, 6.07) is 4.53. The summed E-state index contributed by atoms with van der Waals surface area (Å²) in [6.07, 6.45) is 2.39. The van der Waals surface area contributed by atoms with E-state index >= 15 is 0 Å². The minimum absolute atomic E-state index is 0.154. The molecule has 3 nitrogen and oxygen atoms in total. The molecule has 3 rings (SSSR count). The third kappa shape index (κ3) is 3.68. The quantitative estimate of drug-likeness (QED) is 0.781. The maximum atomic E-state index is 13.0. The fourth-order valence-corrected chi connectivity index (χ4v) is 4.32. The van der Waals surface area contributed by atoms with Crippen molar-refractivity contribution < 1.29 is 4.79 Å². The second kappa shape index (κ2) is 6.51. The molecule has 2 aliphatic rings. The second-order valence-electron chi connectivity index (χ2n) is 9.48. The third-order valence-corrected chi connectivity index (χ3v) is 6.46. The number of Topliss-reactive ketones (excluding diaryl/α,β-unsaturated/α-hetero) is 1. The Bertz CT molecular complexity index is 667. The number of ketones is 1. The zero-order valence-electron chi connectivity index (χ0n) is 16.9. The van der Waals surface area contributed by atoms with Gasteiger partial charge in [-0.05, 0) is 60.4 Å². The van der Waals surface area contributed by atoms with E-state index in [1.165, 1.54) is 24.0 Å². The Hall–Kier alpha value is -1.19. The van der Waals surface area contributed by atoms with Gasteiger partial charge in [-0.25, -0.2) is 0 Å². The molecule has 0 bridgehead atoms. The van der Waals surface area contributed by atoms with Gasteiger partial charge in [-0.3, -0.25) is 9.69 Å². The SMILES string of the molecule is Cc1cc2c(cc1C(=O)CN1CCN(C)CC1)C(C)(C)CCC2(C)C. The molecular weight excluding hydrogens is 308 g/mol. The smallest absolute Gasteiger partial charge is 0.177 e. The van der Waals surface area contributed by atoms with E-state index in [9.17, 15) is 4.79 Å². The van der Waals surface area contributed by atoms with Crippen molar-refractivity contribution in [1.29, 1.82) is 0 Å². The largest absolute Gasteiger partial charge is 0.304 e. The number of carbonyl (C=O) groups is 1. The van der Waals surface area contributed by atoms with Gasteiger partial charge in [0.1, 0.15) is 0 Å². The minimum Gasteiger partial charge on any atom is -0.304 e. The van der Waals surface area contributed by atoms with Crippen molar-refractivity contribution in [1.82, 2.24) is 9.80 Å². The Morgan fingerprint density at radius 2 is 1.48 bits per heavy atom. The molecule has 1 aromatic carbocycles. The summed E-state index contributed by atoms with van der Waals surface area (Å²) in [5.74, 6) is 0.282. The molecular formula is C22H34N2O. The first-order valence-electron chi connectivity index (χ1n) is 9.70. The number of piperazine rings is 1. The zero-order chi connectivity index (χ0) is 18.4. The topological polar surface area (TPSA) is 23.6 Å². The number of aryl methyl sites for hydroxylation is 1. The van der Waals surface area contributed by atoms with Gasteiger partial charge in [0, 0.05) is 31.7 Å². The Kier molecular flexibility index (Phi) is 4.85. The molecule has 0 N–H and O–H groups in total. The average molecular weight is 343 g/mol. The van der Waals surface area contributed by atoms with Crippen LogP contribution in [0.4, 0.5) is 0 Å². The number of hydrogen-bond acceptors (Lipinski definition) is 3. The normalized spacial score (nSPS) is 23.3. The van der Waals surface area contributed by atoms with Gasteiger partial charge < -0.3 is 4.90 Å². The Morgan fingerprint density at radius 1 is 0.960 bits per heavy atom. The van der Waals surface area contributed by atoms with Crippen molar-refractivity contribution in [2.24, 2.45) is 0 Å². The number of fused-ring (bicyclic) bond motifs is 1. The molecule has 1 aliphatic heterocycles. The highest BCUT2D eigenvalue weighted by atomic mass is 16.1. The van der Waals surface area contributed by atoms with E-state index < -0.39 is 0 Å². The molecule has 1 aromatic rings. The number of nitrogens with zero attached hydrogens (tertiary/aromatic N) is 2. The summed E-state index contributed by atoms with van der Waals surface area (Å²) < 4.78 is 0. The summed E-state index contributed by atoms with van der Waals surface area (Å²) in [4.78, 5) is 17.6. The molecule has 0 saturated carbocycles. The van der Waals surface area contributed by atoms with Crippen molar-refractivity contribution in [3.05, 3.63) is 34.4 Å². The molecule has 1 fully saturated rings. The van der Waals surface area contributed by atoms with E-state index in [2.05, 4.69) is 63.6 Å². The van der Waals surface area contributed by atoms with Crippen LogP contribution in [0.25, 0.3) is 0 Å². The number of rotatable bonds is 3. The van der Waals surface area contributed by atoms with E-state index in [1.807, 2.05) is 0 Å². The predicted molar refractivity (Wildman–Crippen MR) is 105 cm³/mol. The molecule has 138 valence electrons. The fraction of sp³-hybridized carbons (Fsp3) is 0.682. The highest BCUT2D eigenvalue weighted by Crippen LogP contribution is 2.46. The standard InChI is InChI=1S/C22H34N2O/c1-16-13-18-19(22(4,5)8-7-21(18,2)3)14-17(16)20(25)15-24-11-9-23(6)10-12-24/h13-14H,7-12,15H2,1-6H3. The molecule has 0 aromatic heterocycles. The molecule has 1 aliphatic carbocycles.